The Morgan fingerprint density at radius 1 is 0.355 bits per heavy atom. The lowest BCUT2D eigenvalue weighted by Crippen LogP contribution is -2.32. The number of rotatable bonds is 4. The van der Waals surface area contributed by atoms with E-state index in [2.05, 4.69) is 228 Å². The van der Waals surface area contributed by atoms with Crippen LogP contribution in [0.15, 0.2) is 218 Å². The molecule has 0 radical (unpaired) electrons. The highest BCUT2D eigenvalue weighted by Crippen LogP contribution is 2.62. The number of hydrogen-bond donors (Lipinski definition) is 0. The zero-order chi connectivity index (χ0) is 40.5. The van der Waals surface area contributed by atoms with E-state index >= 15 is 0 Å². The zero-order valence-electron chi connectivity index (χ0n) is 33.6. The van der Waals surface area contributed by atoms with Crippen molar-refractivity contribution in [2.45, 2.75) is 5.41 Å². The smallest absolute Gasteiger partial charge is 0.0726 e. The SMILES string of the molecule is c1ccc(-n2c3ccccc3c3ccc(N(c4ccc5c(c4)C4(c6ccccc6-c6ccccc64)c4cccc6cccc-5c46)c4ccc5sc6ccccc6c5c4)cc32)cc1. The lowest BCUT2D eigenvalue weighted by molar-refractivity contribution is 0.773. The van der Waals surface area contributed by atoms with E-state index in [1.165, 1.54) is 97.3 Å². The van der Waals surface area contributed by atoms with Crippen LogP contribution in [0.4, 0.5) is 17.1 Å². The van der Waals surface area contributed by atoms with Crippen molar-refractivity contribution in [2.75, 3.05) is 4.90 Å². The van der Waals surface area contributed by atoms with Crippen molar-refractivity contribution in [3.05, 3.63) is 241 Å². The molecular weight excluding hydrogens is 769 g/mol. The molecular formula is C59H36N2S. The fourth-order valence-electron chi connectivity index (χ4n) is 11.3. The highest BCUT2D eigenvalue weighted by Gasteiger charge is 2.50. The minimum atomic E-state index is -0.519. The van der Waals surface area contributed by atoms with E-state index in [0.29, 0.717) is 0 Å². The Labute approximate surface area is 362 Å². The molecule has 0 N–H and O–H groups in total. The van der Waals surface area contributed by atoms with Gasteiger partial charge in [-0.2, -0.15) is 0 Å². The van der Waals surface area contributed by atoms with Crippen LogP contribution in [0.25, 0.3) is 80.7 Å². The second-order valence-electron chi connectivity index (χ2n) is 16.8. The number of nitrogens with zero attached hydrogens (tertiary/aromatic N) is 2. The summed E-state index contributed by atoms with van der Waals surface area (Å²) in [5.74, 6) is 0. The van der Waals surface area contributed by atoms with Crippen LogP contribution < -0.4 is 4.90 Å². The predicted octanol–water partition coefficient (Wildman–Crippen LogP) is 16.1. The van der Waals surface area contributed by atoms with Crippen LogP contribution in [0.1, 0.15) is 22.3 Å². The van der Waals surface area contributed by atoms with Gasteiger partial charge in [0.15, 0.2) is 0 Å². The van der Waals surface area contributed by atoms with Crippen LogP contribution >= 0.6 is 11.3 Å². The van der Waals surface area contributed by atoms with Crippen LogP contribution in [-0.4, -0.2) is 4.57 Å². The van der Waals surface area contributed by atoms with Gasteiger partial charge in [0.25, 0.3) is 0 Å². The highest BCUT2D eigenvalue weighted by molar-refractivity contribution is 7.25. The first-order valence-electron chi connectivity index (χ1n) is 21.4. The molecule has 0 saturated carbocycles. The minimum Gasteiger partial charge on any atom is -0.310 e. The predicted molar refractivity (Wildman–Crippen MR) is 262 cm³/mol. The summed E-state index contributed by atoms with van der Waals surface area (Å²) in [6, 6.07) is 81.8. The molecule has 2 aliphatic carbocycles. The van der Waals surface area contributed by atoms with Gasteiger partial charge >= 0.3 is 0 Å². The summed E-state index contributed by atoms with van der Waals surface area (Å²) in [5, 5.41) is 7.67. The lowest BCUT2D eigenvalue weighted by atomic mass is 9.61. The van der Waals surface area contributed by atoms with Gasteiger partial charge in [0.2, 0.25) is 0 Å². The van der Waals surface area contributed by atoms with Crippen molar-refractivity contribution < 1.29 is 0 Å². The number of para-hydroxylation sites is 2. The van der Waals surface area contributed by atoms with Gasteiger partial charge in [0, 0.05) is 53.7 Å². The summed E-state index contributed by atoms with van der Waals surface area (Å²) in [6.45, 7) is 0. The Bertz CT molecular complexity index is 3780. The van der Waals surface area contributed by atoms with Crippen LogP contribution in [-0.2, 0) is 5.41 Å². The van der Waals surface area contributed by atoms with Gasteiger partial charge in [-0.15, -0.1) is 11.3 Å². The normalized spacial score (nSPS) is 13.3. The molecule has 0 unspecified atom stereocenters. The molecule has 0 bridgehead atoms. The molecule has 10 aromatic carbocycles. The van der Waals surface area contributed by atoms with Crippen molar-refractivity contribution in [3.63, 3.8) is 0 Å². The average molecular weight is 805 g/mol. The first-order chi connectivity index (χ1) is 30.8. The Hall–Kier alpha value is -7.72. The monoisotopic (exact) mass is 804 g/mol. The van der Waals surface area contributed by atoms with E-state index in [0.717, 1.165) is 22.7 Å². The molecule has 12 aromatic rings. The molecule has 288 valence electrons. The molecule has 0 fully saturated rings. The maximum Gasteiger partial charge on any atom is 0.0726 e. The van der Waals surface area contributed by atoms with Crippen molar-refractivity contribution in [1.29, 1.82) is 0 Å². The molecule has 2 heterocycles. The molecule has 62 heavy (non-hydrogen) atoms. The standard InChI is InChI=1S/C59H36N2S/c1-2-16-38(17-3-1)61-54-26-10-6-20-45(54)46-32-29-41(36-55(46)61)60(39-30-33-57-49(34-39)47-21-7-11-27-56(47)62-57)40-28-31-44-48-22-12-14-37-15-13-25-52(58(37)48)59(53(44)35-40)50-23-8-4-18-42(50)43-19-5-9-24-51(43)59/h1-36H. The summed E-state index contributed by atoms with van der Waals surface area (Å²) in [5.41, 5.74) is 16.9. The number of benzene rings is 10. The molecule has 14 rings (SSSR count). The van der Waals surface area contributed by atoms with Crippen molar-refractivity contribution >= 4 is 81.1 Å². The molecule has 3 heteroatoms. The maximum atomic E-state index is 2.52. The van der Waals surface area contributed by atoms with Crippen molar-refractivity contribution in [1.82, 2.24) is 4.57 Å². The molecule has 0 amide bonds. The van der Waals surface area contributed by atoms with E-state index in [-0.39, 0.29) is 0 Å². The summed E-state index contributed by atoms with van der Waals surface area (Å²) in [6.07, 6.45) is 0. The van der Waals surface area contributed by atoms with Crippen LogP contribution in [0.5, 0.6) is 0 Å². The third-order valence-corrected chi connectivity index (χ3v) is 14.9. The second kappa shape index (κ2) is 12.7. The van der Waals surface area contributed by atoms with Gasteiger partial charge in [0.1, 0.15) is 0 Å². The second-order valence-corrected chi connectivity index (χ2v) is 17.9. The number of anilines is 3. The Balaban J connectivity index is 1.09. The van der Waals surface area contributed by atoms with Gasteiger partial charge in [-0.1, -0.05) is 152 Å². The maximum absolute atomic E-state index is 2.52. The lowest BCUT2D eigenvalue weighted by Gasteiger charge is -2.40. The largest absolute Gasteiger partial charge is 0.310 e. The number of thiophene rings is 1. The van der Waals surface area contributed by atoms with Crippen LogP contribution in [0.2, 0.25) is 0 Å². The highest BCUT2D eigenvalue weighted by atomic mass is 32.1. The quantitative estimate of drug-likeness (QED) is 0.172. The molecule has 0 saturated heterocycles. The van der Waals surface area contributed by atoms with Gasteiger partial charge in [-0.25, -0.2) is 0 Å². The van der Waals surface area contributed by atoms with Gasteiger partial charge in [-0.05, 0) is 122 Å². The van der Waals surface area contributed by atoms with Gasteiger partial charge in [-0.3, -0.25) is 0 Å². The van der Waals surface area contributed by atoms with E-state index in [4.69, 9.17) is 0 Å². The molecule has 0 atom stereocenters. The summed E-state index contributed by atoms with van der Waals surface area (Å²) < 4.78 is 5.03. The Kier molecular flexibility index (Phi) is 6.95. The third kappa shape index (κ3) is 4.47. The Morgan fingerprint density at radius 2 is 0.935 bits per heavy atom. The topological polar surface area (TPSA) is 8.17 Å². The van der Waals surface area contributed by atoms with Crippen LogP contribution in [0, 0.1) is 0 Å². The van der Waals surface area contributed by atoms with E-state index < -0.39 is 5.41 Å². The minimum absolute atomic E-state index is 0.519. The zero-order valence-corrected chi connectivity index (χ0v) is 34.4. The number of fused-ring (bicyclic) bond motifs is 15. The molecule has 0 aliphatic heterocycles. The number of hydrogen-bond acceptors (Lipinski definition) is 2. The molecule has 2 aromatic heterocycles. The third-order valence-electron chi connectivity index (χ3n) is 13.8. The number of aromatic nitrogens is 1. The summed E-state index contributed by atoms with van der Waals surface area (Å²) in [7, 11) is 0. The first kappa shape index (κ1) is 34.0. The van der Waals surface area contributed by atoms with E-state index in [1.807, 2.05) is 11.3 Å². The van der Waals surface area contributed by atoms with Crippen LogP contribution in [0.3, 0.4) is 0 Å². The molecule has 2 nitrogen and oxygen atoms in total. The van der Waals surface area contributed by atoms with Gasteiger partial charge < -0.3 is 9.47 Å². The van der Waals surface area contributed by atoms with E-state index in [9.17, 15) is 0 Å². The van der Waals surface area contributed by atoms with Gasteiger partial charge in [0.05, 0.1) is 16.4 Å². The molecule has 2 aliphatic rings. The summed E-state index contributed by atoms with van der Waals surface area (Å²) in [4.78, 5) is 2.50. The van der Waals surface area contributed by atoms with E-state index in [1.54, 1.807) is 0 Å². The first-order valence-corrected chi connectivity index (χ1v) is 22.2. The van der Waals surface area contributed by atoms with Crippen molar-refractivity contribution in [2.24, 2.45) is 0 Å². The Morgan fingerprint density at radius 3 is 1.77 bits per heavy atom. The fraction of sp³-hybridized carbons (Fsp3) is 0.0169. The molecule has 1 spiro atoms. The fourth-order valence-corrected chi connectivity index (χ4v) is 12.4. The average Bonchev–Trinajstić information content (AvgIpc) is 3.97. The van der Waals surface area contributed by atoms with Crippen molar-refractivity contribution in [3.8, 4) is 27.9 Å². The summed E-state index contributed by atoms with van der Waals surface area (Å²) >= 11 is 1.86.